The van der Waals surface area contributed by atoms with Gasteiger partial charge in [0.2, 0.25) is 0 Å². The number of likely N-dealkylation sites (tertiary alicyclic amines) is 1. The van der Waals surface area contributed by atoms with Crippen LogP contribution in [0, 0.1) is 0 Å². The number of carbonyl (C=O) groups excluding carboxylic acids is 1. The van der Waals surface area contributed by atoms with Gasteiger partial charge in [-0.25, -0.2) is 0 Å². The molecule has 1 aliphatic heterocycles. The highest BCUT2D eigenvalue weighted by Crippen LogP contribution is 2.16. The Morgan fingerprint density at radius 2 is 2.12 bits per heavy atom. The average molecular weight is 252 g/mol. The van der Waals surface area contributed by atoms with Gasteiger partial charge in [-0.15, -0.1) is 0 Å². The molecule has 0 aliphatic carbocycles. The molecule has 3 nitrogen and oxygen atoms in total. The predicted octanol–water partition coefficient (Wildman–Crippen LogP) is 1.93. The number of halogens is 3. The summed E-state index contributed by atoms with van der Waals surface area (Å²) in [5, 5.41) is 1.89. The highest BCUT2D eigenvalue weighted by atomic mass is 19.4. The molecule has 1 N–H and O–H groups in total. The first kappa shape index (κ1) is 14.3. The van der Waals surface area contributed by atoms with Gasteiger partial charge < -0.3 is 10.2 Å². The lowest BCUT2D eigenvalue weighted by Gasteiger charge is -2.33. The Labute approximate surface area is 99.4 Å². The van der Waals surface area contributed by atoms with Gasteiger partial charge in [-0.2, -0.15) is 13.2 Å². The third-order valence-electron chi connectivity index (χ3n) is 3.11. The first-order valence-corrected chi connectivity index (χ1v) is 6.00. The zero-order valence-corrected chi connectivity index (χ0v) is 10.0. The molecule has 0 aromatic carbocycles. The van der Waals surface area contributed by atoms with E-state index in [1.165, 1.54) is 6.42 Å². The fraction of sp³-hybridized carbons (Fsp3) is 0.909. The van der Waals surface area contributed by atoms with Crippen molar-refractivity contribution in [3.8, 4) is 0 Å². The Morgan fingerprint density at radius 1 is 1.41 bits per heavy atom. The minimum Gasteiger partial charge on any atom is -0.348 e. The zero-order valence-electron chi connectivity index (χ0n) is 10.0. The van der Waals surface area contributed by atoms with Crippen molar-refractivity contribution in [3.63, 3.8) is 0 Å². The number of nitrogens with one attached hydrogen (secondary N) is 1. The molecule has 0 spiro atoms. The Kier molecular flexibility index (Phi) is 5.24. The molecule has 17 heavy (non-hydrogen) atoms. The van der Waals surface area contributed by atoms with E-state index in [0.717, 1.165) is 25.9 Å². The zero-order chi connectivity index (χ0) is 12.9. The summed E-state index contributed by atoms with van der Waals surface area (Å²) >= 11 is 0. The molecule has 1 aliphatic rings. The van der Waals surface area contributed by atoms with Crippen molar-refractivity contribution < 1.29 is 18.0 Å². The predicted molar refractivity (Wildman–Crippen MR) is 58.6 cm³/mol. The second-order valence-corrected chi connectivity index (χ2v) is 4.49. The van der Waals surface area contributed by atoms with Crippen LogP contribution in [0.4, 0.5) is 13.2 Å². The van der Waals surface area contributed by atoms with Crippen molar-refractivity contribution in [1.29, 1.82) is 0 Å². The topological polar surface area (TPSA) is 32.3 Å². The van der Waals surface area contributed by atoms with Crippen molar-refractivity contribution in [2.24, 2.45) is 0 Å². The van der Waals surface area contributed by atoms with Crippen LogP contribution < -0.4 is 5.32 Å². The lowest BCUT2D eigenvalue weighted by atomic mass is 10.0. The Hall–Kier alpha value is -0.780. The maximum atomic E-state index is 11.9. The molecule has 1 saturated heterocycles. The van der Waals surface area contributed by atoms with E-state index in [2.05, 4.69) is 11.8 Å². The van der Waals surface area contributed by atoms with Crippen LogP contribution in [0.3, 0.4) is 0 Å². The monoisotopic (exact) mass is 252 g/mol. The SMILES string of the molecule is CC1CCCCN1CCCNC(=O)C(F)(F)F. The van der Waals surface area contributed by atoms with Crippen molar-refractivity contribution >= 4 is 5.91 Å². The number of carbonyl (C=O) groups is 1. The van der Waals surface area contributed by atoms with Gasteiger partial charge in [0, 0.05) is 19.1 Å². The van der Waals surface area contributed by atoms with Gasteiger partial charge in [-0.05, 0) is 32.7 Å². The molecule has 1 fully saturated rings. The second-order valence-electron chi connectivity index (χ2n) is 4.49. The second kappa shape index (κ2) is 6.23. The molecule has 0 radical (unpaired) electrons. The molecule has 1 atom stereocenters. The Balaban J connectivity index is 2.13. The summed E-state index contributed by atoms with van der Waals surface area (Å²) in [4.78, 5) is 12.8. The minimum atomic E-state index is -4.77. The fourth-order valence-corrected chi connectivity index (χ4v) is 2.07. The number of hydrogen-bond acceptors (Lipinski definition) is 2. The number of alkyl halides is 3. The van der Waals surface area contributed by atoms with E-state index in [1.54, 1.807) is 0 Å². The van der Waals surface area contributed by atoms with E-state index in [-0.39, 0.29) is 6.54 Å². The lowest BCUT2D eigenvalue weighted by Crippen LogP contribution is -2.41. The molecule has 6 heteroatoms. The quantitative estimate of drug-likeness (QED) is 0.775. The molecule has 0 bridgehead atoms. The van der Waals surface area contributed by atoms with Gasteiger partial charge in [0.15, 0.2) is 0 Å². The number of nitrogens with zero attached hydrogens (tertiary/aromatic N) is 1. The van der Waals surface area contributed by atoms with E-state index >= 15 is 0 Å². The van der Waals surface area contributed by atoms with Gasteiger partial charge >= 0.3 is 12.1 Å². The number of hydrogen-bond donors (Lipinski definition) is 1. The van der Waals surface area contributed by atoms with Crippen LogP contribution in [0.2, 0.25) is 0 Å². The number of amides is 1. The van der Waals surface area contributed by atoms with Gasteiger partial charge in [-0.1, -0.05) is 6.42 Å². The summed E-state index contributed by atoms with van der Waals surface area (Å²) in [6, 6.07) is 0.502. The smallest absolute Gasteiger partial charge is 0.348 e. The van der Waals surface area contributed by atoms with Crippen LogP contribution in [-0.2, 0) is 4.79 Å². The normalized spacial score (nSPS) is 22.5. The van der Waals surface area contributed by atoms with Gasteiger partial charge in [0.05, 0.1) is 0 Å². The Bertz CT molecular complexity index is 256. The largest absolute Gasteiger partial charge is 0.471 e. The van der Waals surface area contributed by atoms with Gasteiger partial charge in [0.1, 0.15) is 0 Å². The molecule has 1 heterocycles. The van der Waals surface area contributed by atoms with E-state index in [1.807, 2.05) is 5.32 Å². The molecule has 0 saturated carbocycles. The molecule has 0 aromatic heterocycles. The molecule has 1 amide bonds. The van der Waals surface area contributed by atoms with Crippen LogP contribution in [0.15, 0.2) is 0 Å². The average Bonchev–Trinajstić information content (AvgIpc) is 2.25. The minimum absolute atomic E-state index is 0.0849. The maximum absolute atomic E-state index is 11.9. The third kappa shape index (κ3) is 4.93. The molecular weight excluding hydrogens is 233 g/mol. The van der Waals surface area contributed by atoms with Crippen molar-refractivity contribution in [2.45, 2.75) is 44.8 Å². The van der Waals surface area contributed by atoms with Crippen LogP contribution in [0.5, 0.6) is 0 Å². The van der Waals surface area contributed by atoms with Crippen LogP contribution >= 0.6 is 0 Å². The number of rotatable bonds is 4. The van der Waals surface area contributed by atoms with E-state index in [4.69, 9.17) is 0 Å². The summed E-state index contributed by atoms with van der Waals surface area (Å²) < 4.78 is 35.6. The highest BCUT2D eigenvalue weighted by Gasteiger charge is 2.38. The standard InChI is InChI=1S/C11H19F3N2O/c1-9-5-2-3-7-16(9)8-4-6-15-10(17)11(12,13)14/h9H,2-8H2,1H3,(H,15,17). The summed E-state index contributed by atoms with van der Waals surface area (Å²) in [7, 11) is 0. The summed E-state index contributed by atoms with van der Waals surface area (Å²) in [6.45, 7) is 3.97. The summed E-state index contributed by atoms with van der Waals surface area (Å²) in [6.07, 6.45) is -0.679. The van der Waals surface area contributed by atoms with Crippen LogP contribution in [0.1, 0.15) is 32.6 Å². The lowest BCUT2D eigenvalue weighted by molar-refractivity contribution is -0.173. The Morgan fingerprint density at radius 3 is 2.71 bits per heavy atom. The van der Waals surface area contributed by atoms with Gasteiger partial charge in [-0.3, -0.25) is 4.79 Å². The van der Waals surface area contributed by atoms with E-state index < -0.39 is 12.1 Å². The van der Waals surface area contributed by atoms with Crippen LogP contribution in [-0.4, -0.2) is 42.7 Å². The van der Waals surface area contributed by atoms with Crippen molar-refractivity contribution in [3.05, 3.63) is 0 Å². The molecule has 1 unspecified atom stereocenters. The summed E-state index contributed by atoms with van der Waals surface area (Å²) in [5.41, 5.74) is 0. The van der Waals surface area contributed by atoms with Gasteiger partial charge in [0.25, 0.3) is 0 Å². The first-order chi connectivity index (χ1) is 7.91. The highest BCUT2D eigenvalue weighted by molar-refractivity contribution is 5.81. The third-order valence-corrected chi connectivity index (χ3v) is 3.11. The van der Waals surface area contributed by atoms with E-state index in [0.29, 0.717) is 12.5 Å². The van der Waals surface area contributed by atoms with Crippen LogP contribution in [0.25, 0.3) is 0 Å². The molecule has 0 aromatic rings. The molecule has 1 rings (SSSR count). The molecular formula is C11H19F3N2O. The maximum Gasteiger partial charge on any atom is 0.471 e. The van der Waals surface area contributed by atoms with E-state index in [9.17, 15) is 18.0 Å². The fourth-order valence-electron chi connectivity index (χ4n) is 2.07. The summed E-state index contributed by atoms with van der Waals surface area (Å²) in [5.74, 6) is -1.84. The van der Waals surface area contributed by atoms with Crippen molar-refractivity contribution in [2.75, 3.05) is 19.6 Å². The number of piperidine rings is 1. The van der Waals surface area contributed by atoms with Crippen molar-refractivity contribution in [1.82, 2.24) is 10.2 Å². The molecule has 100 valence electrons. The first-order valence-electron chi connectivity index (χ1n) is 6.00.